The van der Waals surface area contributed by atoms with Crippen molar-refractivity contribution in [3.63, 3.8) is 0 Å². The van der Waals surface area contributed by atoms with E-state index in [2.05, 4.69) is 15.6 Å². The number of likely N-dealkylation sites (N-methyl/N-ethyl adjacent to an activating group) is 2. The van der Waals surface area contributed by atoms with Crippen molar-refractivity contribution in [3.8, 4) is 0 Å². The van der Waals surface area contributed by atoms with Gasteiger partial charge in [-0.3, -0.25) is 19.9 Å². The number of halogens is 2. The number of carbonyl (C=O) groups excluding carboxylic acids is 1. The van der Waals surface area contributed by atoms with Gasteiger partial charge in [0.05, 0.1) is 16.7 Å². The van der Waals surface area contributed by atoms with E-state index in [0.29, 0.717) is 18.8 Å². The molecule has 2 aromatic rings. The second-order valence-electron chi connectivity index (χ2n) is 5.94. The van der Waals surface area contributed by atoms with Crippen LogP contribution in [0.5, 0.6) is 0 Å². The number of rotatable bonds is 8. The minimum atomic E-state index is -0.488. The molecule has 0 saturated carbocycles. The monoisotopic (exact) mass is 429 g/mol. The molecule has 28 heavy (non-hydrogen) atoms. The van der Waals surface area contributed by atoms with Crippen LogP contribution in [0.4, 0.5) is 11.4 Å². The first-order chi connectivity index (χ1) is 12.4. The fourth-order valence-corrected chi connectivity index (χ4v) is 2.48. The predicted octanol–water partition coefficient (Wildman–Crippen LogP) is 3.30. The van der Waals surface area contributed by atoms with Gasteiger partial charge in [-0.1, -0.05) is 6.07 Å². The van der Waals surface area contributed by atoms with Crippen LogP contribution in [-0.2, 0) is 0 Å². The summed E-state index contributed by atoms with van der Waals surface area (Å²) < 4.78 is 0. The molecular formula is C18H25Cl2N5O3. The van der Waals surface area contributed by atoms with Crippen LogP contribution < -0.4 is 10.6 Å². The molecule has 2 rings (SSSR count). The smallest absolute Gasteiger partial charge is 0.293 e. The number of nitro benzene ring substituents is 1. The molecule has 0 saturated heterocycles. The molecule has 1 amide bonds. The Morgan fingerprint density at radius 2 is 2.00 bits per heavy atom. The van der Waals surface area contributed by atoms with Gasteiger partial charge in [0.1, 0.15) is 5.69 Å². The highest BCUT2D eigenvalue weighted by Gasteiger charge is 2.21. The van der Waals surface area contributed by atoms with Gasteiger partial charge in [0, 0.05) is 38.0 Å². The summed E-state index contributed by atoms with van der Waals surface area (Å²) in [6, 6.07) is 9.77. The SMILES string of the molecule is CNCCN(C)C(=O)c1ccc(NC(C)c2ccccn2)c([N+](=O)[O-])c1.Cl.Cl. The quantitative estimate of drug-likeness (QED) is 0.493. The molecule has 1 unspecified atom stereocenters. The molecule has 0 radical (unpaired) electrons. The van der Waals surface area contributed by atoms with Crippen LogP contribution in [0, 0.1) is 10.1 Å². The highest BCUT2D eigenvalue weighted by molar-refractivity contribution is 5.95. The molecule has 1 aromatic heterocycles. The lowest BCUT2D eigenvalue weighted by molar-refractivity contribution is -0.384. The van der Waals surface area contributed by atoms with E-state index in [1.54, 1.807) is 32.4 Å². The largest absolute Gasteiger partial charge is 0.371 e. The molecular weight excluding hydrogens is 405 g/mol. The van der Waals surface area contributed by atoms with Crippen molar-refractivity contribution in [3.05, 3.63) is 64.0 Å². The van der Waals surface area contributed by atoms with Crippen LogP contribution in [0.2, 0.25) is 0 Å². The van der Waals surface area contributed by atoms with Gasteiger partial charge < -0.3 is 15.5 Å². The van der Waals surface area contributed by atoms with Crippen molar-refractivity contribution >= 4 is 42.1 Å². The lowest BCUT2D eigenvalue weighted by atomic mass is 10.1. The van der Waals surface area contributed by atoms with Gasteiger partial charge in [0.15, 0.2) is 0 Å². The minimum absolute atomic E-state index is 0. The number of aromatic nitrogens is 1. The van der Waals surface area contributed by atoms with Gasteiger partial charge in [-0.05, 0) is 38.2 Å². The zero-order chi connectivity index (χ0) is 19.1. The van der Waals surface area contributed by atoms with E-state index in [1.165, 1.54) is 11.0 Å². The third-order valence-corrected chi connectivity index (χ3v) is 3.99. The number of nitrogens with zero attached hydrogens (tertiary/aromatic N) is 3. The maximum Gasteiger partial charge on any atom is 0.293 e. The highest BCUT2D eigenvalue weighted by Crippen LogP contribution is 2.29. The van der Waals surface area contributed by atoms with Crippen molar-refractivity contribution in [2.24, 2.45) is 0 Å². The Labute approximate surface area is 176 Å². The van der Waals surface area contributed by atoms with E-state index in [9.17, 15) is 14.9 Å². The molecule has 0 bridgehead atoms. The number of amides is 1. The Hall–Kier alpha value is -2.42. The molecule has 0 aliphatic heterocycles. The lowest BCUT2D eigenvalue weighted by Crippen LogP contribution is -2.32. The van der Waals surface area contributed by atoms with E-state index in [0.717, 1.165) is 5.69 Å². The number of hydrogen-bond acceptors (Lipinski definition) is 6. The van der Waals surface area contributed by atoms with Crippen molar-refractivity contribution in [2.45, 2.75) is 13.0 Å². The summed E-state index contributed by atoms with van der Waals surface area (Å²) in [7, 11) is 3.47. The third-order valence-electron chi connectivity index (χ3n) is 3.99. The second kappa shape index (κ2) is 12.1. The molecule has 1 aromatic carbocycles. The molecule has 8 nitrogen and oxygen atoms in total. The number of carbonyl (C=O) groups is 1. The zero-order valence-corrected chi connectivity index (χ0v) is 17.5. The topological polar surface area (TPSA) is 100 Å². The molecule has 1 heterocycles. The maximum absolute atomic E-state index is 12.4. The highest BCUT2D eigenvalue weighted by atomic mass is 35.5. The van der Waals surface area contributed by atoms with Gasteiger partial charge >= 0.3 is 0 Å². The van der Waals surface area contributed by atoms with E-state index in [1.807, 2.05) is 25.1 Å². The number of nitrogens with one attached hydrogen (secondary N) is 2. The molecule has 0 fully saturated rings. The van der Waals surface area contributed by atoms with Crippen molar-refractivity contribution < 1.29 is 9.72 Å². The number of nitro groups is 1. The Morgan fingerprint density at radius 1 is 1.29 bits per heavy atom. The maximum atomic E-state index is 12.4. The first kappa shape index (κ1) is 25.6. The van der Waals surface area contributed by atoms with E-state index >= 15 is 0 Å². The standard InChI is InChI=1S/C18H23N5O3.2ClH/c1-13(15-6-4-5-9-20-15)21-16-8-7-14(12-17(16)23(25)26)18(24)22(3)11-10-19-2;;/h4-9,12-13,19,21H,10-11H2,1-3H3;2*1H. The average molecular weight is 430 g/mol. The molecule has 2 N–H and O–H groups in total. The number of benzene rings is 1. The number of anilines is 1. The third kappa shape index (κ3) is 6.63. The summed E-state index contributed by atoms with van der Waals surface area (Å²) in [5.74, 6) is -0.257. The molecule has 0 aliphatic rings. The van der Waals surface area contributed by atoms with Crippen LogP contribution in [0.3, 0.4) is 0 Å². The van der Waals surface area contributed by atoms with Crippen LogP contribution >= 0.6 is 24.8 Å². The van der Waals surface area contributed by atoms with Gasteiger partial charge in [-0.25, -0.2) is 0 Å². The fraction of sp³-hybridized carbons (Fsp3) is 0.333. The average Bonchev–Trinajstić information content (AvgIpc) is 2.66. The second-order valence-corrected chi connectivity index (χ2v) is 5.94. The molecule has 10 heteroatoms. The zero-order valence-electron chi connectivity index (χ0n) is 15.9. The van der Waals surface area contributed by atoms with Gasteiger partial charge in [-0.15, -0.1) is 24.8 Å². The summed E-state index contributed by atoms with van der Waals surface area (Å²) in [6.07, 6.45) is 1.67. The number of pyridine rings is 1. The summed E-state index contributed by atoms with van der Waals surface area (Å²) in [5, 5.41) is 17.5. The first-order valence-electron chi connectivity index (χ1n) is 8.30. The van der Waals surface area contributed by atoms with Crippen molar-refractivity contribution in [2.75, 3.05) is 32.5 Å². The van der Waals surface area contributed by atoms with Gasteiger partial charge in [0.2, 0.25) is 0 Å². The van der Waals surface area contributed by atoms with E-state index in [4.69, 9.17) is 0 Å². The molecule has 0 spiro atoms. The summed E-state index contributed by atoms with van der Waals surface area (Å²) in [5.41, 5.74) is 1.27. The summed E-state index contributed by atoms with van der Waals surface area (Å²) in [4.78, 5) is 29.2. The first-order valence-corrected chi connectivity index (χ1v) is 8.30. The normalized spacial score (nSPS) is 10.8. The lowest BCUT2D eigenvalue weighted by Gasteiger charge is -2.18. The van der Waals surface area contributed by atoms with Gasteiger partial charge in [0.25, 0.3) is 11.6 Å². The molecule has 0 aliphatic carbocycles. The Kier molecular flexibility index (Phi) is 11.1. The van der Waals surface area contributed by atoms with Crippen LogP contribution in [0.15, 0.2) is 42.6 Å². The van der Waals surface area contributed by atoms with Crippen LogP contribution in [0.1, 0.15) is 29.0 Å². The predicted molar refractivity (Wildman–Crippen MR) is 115 cm³/mol. The van der Waals surface area contributed by atoms with Crippen LogP contribution in [-0.4, -0.2) is 47.9 Å². The van der Waals surface area contributed by atoms with Gasteiger partial charge in [-0.2, -0.15) is 0 Å². The number of hydrogen-bond donors (Lipinski definition) is 2. The molecule has 1 atom stereocenters. The van der Waals surface area contributed by atoms with Crippen LogP contribution in [0.25, 0.3) is 0 Å². The summed E-state index contributed by atoms with van der Waals surface area (Å²) >= 11 is 0. The minimum Gasteiger partial charge on any atom is -0.371 e. The Balaban J connectivity index is 0.00000364. The van der Waals surface area contributed by atoms with E-state index in [-0.39, 0.29) is 48.0 Å². The van der Waals surface area contributed by atoms with E-state index < -0.39 is 4.92 Å². The molecule has 154 valence electrons. The Bertz CT molecular complexity index is 777. The van der Waals surface area contributed by atoms with Crippen molar-refractivity contribution in [1.82, 2.24) is 15.2 Å². The Morgan fingerprint density at radius 3 is 2.57 bits per heavy atom. The van der Waals surface area contributed by atoms with Crippen molar-refractivity contribution in [1.29, 1.82) is 0 Å². The fourth-order valence-electron chi connectivity index (χ4n) is 2.48. The summed E-state index contributed by atoms with van der Waals surface area (Å²) in [6.45, 7) is 3.03.